The van der Waals surface area contributed by atoms with E-state index in [1.807, 2.05) is 66.7 Å². The van der Waals surface area contributed by atoms with Gasteiger partial charge in [-0.3, -0.25) is 0 Å². The first-order valence-electron chi connectivity index (χ1n) is 11.6. The summed E-state index contributed by atoms with van der Waals surface area (Å²) >= 11 is 0. The zero-order chi connectivity index (χ0) is 25.5. The molecule has 0 saturated carbocycles. The number of hydrogen-bond donors (Lipinski definition) is 2. The van der Waals surface area contributed by atoms with Gasteiger partial charge in [-0.25, -0.2) is 0 Å². The second-order valence-corrected chi connectivity index (χ2v) is 8.17. The molecular formula is C30H30O6. The molecule has 0 spiro atoms. The second kappa shape index (κ2) is 11.5. The molecule has 0 heterocycles. The summed E-state index contributed by atoms with van der Waals surface area (Å²) in [5.74, 6) is 2.38. The maximum Gasteiger partial charge on any atom is 0.161 e. The zero-order valence-electron chi connectivity index (χ0n) is 20.7. The van der Waals surface area contributed by atoms with E-state index in [0.717, 1.165) is 39.1 Å². The molecule has 0 atom stereocenters. The molecule has 0 saturated heterocycles. The number of phenolic OH excluding ortho intramolecular Hbond substituents is 1. The molecule has 0 bridgehead atoms. The van der Waals surface area contributed by atoms with Gasteiger partial charge in [0.25, 0.3) is 0 Å². The van der Waals surface area contributed by atoms with Crippen molar-refractivity contribution in [3.05, 3.63) is 90.0 Å². The minimum absolute atomic E-state index is 0.0126. The molecule has 4 rings (SSSR count). The molecule has 0 aromatic heterocycles. The molecule has 0 unspecified atom stereocenters. The summed E-state index contributed by atoms with van der Waals surface area (Å²) in [5, 5.41) is 20.7. The van der Waals surface area contributed by atoms with Gasteiger partial charge in [0, 0.05) is 23.3 Å². The van der Waals surface area contributed by atoms with Crippen molar-refractivity contribution < 1.29 is 29.2 Å². The third kappa shape index (κ3) is 5.24. The fourth-order valence-corrected chi connectivity index (χ4v) is 4.27. The van der Waals surface area contributed by atoms with E-state index in [1.165, 1.54) is 0 Å². The molecule has 0 aliphatic heterocycles. The smallest absolute Gasteiger partial charge is 0.161 e. The van der Waals surface area contributed by atoms with Crippen LogP contribution in [-0.4, -0.2) is 38.1 Å². The molecule has 4 aromatic rings. The molecule has 186 valence electrons. The number of ether oxygens (including phenoxy) is 4. The molecule has 6 nitrogen and oxygen atoms in total. The van der Waals surface area contributed by atoms with Gasteiger partial charge < -0.3 is 29.2 Å². The van der Waals surface area contributed by atoms with E-state index in [2.05, 4.69) is 0 Å². The molecule has 0 fully saturated rings. The van der Waals surface area contributed by atoms with Crippen molar-refractivity contribution in [1.29, 1.82) is 0 Å². The van der Waals surface area contributed by atoms with Crippen LogP contribution in [0.4, 0.5) is 0 Å². The number of aliphatic hydroxyl groups excluding tert-OH is 1. The summed E-state index contributed by atoms with van der Waals surface area (Å²) in [6.45, 7) is 0.264. The van der Waals surface area contributed by atoms with Crippen molar-refractivity contribution in [1.82, 2.24) is 0 Å². The van der Waals surface area contributed by atoms with Crippen LogP contribution < -0.4 is 18.9 Å². The van der Waals surface area contributed by atoms with Crippen molar-refractivity contribution in [2.45, 2.75) is 13.0 Å². The van der Waals surface area contributed by atoms with Gasteiger partial charge in [-0.2, -0.15) is 0 Å². The van der Waals surface area contributed by atoms with E-state index in [0.29, 0.717) is 30.3 Å². The first-order valence-corrected chi connectivity index (χ1v) is 11.6. The Morgan fingerprint density at radius 3 is 2.06 bits per heavy atom. The van der Waals surface area contributed by atoms with Gasteiger partial charge in [0.2, 0.25) is 0 Å². The predicted octanol–water partition coefficient (Wildman–Crippen LogP) is 5.87. The Morgan fingerprint density at radius 1 is 0.722 bits per heavy atom. The molecule has 6 heteroatoms. The first-order chi connectivity index (χ1) is 17.6. The molecule has 0 radical (unpaired) electrons. The van der Waals surface area contributed by atoms with E-state index < -0.39 is 0 Å². The van der Waals surface area contributed by atoms with E-state index in [-0.39, 0.29) is 12.4 Å². The van der Waals surface area contributed by atoms with Crippen LogP contribution in [0.15, 0.2) is 78.9 Å². The van der Waals surface area contributed by atoms with Crippen LogP contribution in [0.1, 0.15) is 11.1 Å². The highest BCUT2D eigenvalue weighted by atomic mass is 16.5. The molecule has 2 N–H and O–H groups in total. The SMILES string of the molecule is COc1ccc(-c2cc(OC)c(-c3ccc(OCc4ccccc4)c(O)c3)c(CCO)c2OC)cc1. The van der Waals surface area contributed by atoms with Crippen LogP contribution in [0, 0.1) is 0 Å². The van der Waals surface area contributed by atoms with Gasteiger partial charge in [-0.05, 0) is 53.4 Å². The molecular weight excluding hydrogens is 456 g/mol. The highest BCUT2D eigenvalue weighted by Crippen LogP contribution is 2.46. The van der Waals surface area contributed by atoms with Crippen LogP contribution in [0.3, 0.4) is 0 Å². The Balaban J connectivity index is 1.77. The molecule has 4 aromatic carbocycles. The predicted molar refractivity (Wildman–Crippen MR) is 140 cm³/mol. The maximum atomic E-state index is 10.8. The highest BCUT2D eigenvalue weighted by molar-refractivity contribution is 5.85. The number of aliphatic hydroxyl groups is 1. The van der Waals surface area contributed by atoms with Crippen LogP contribution >= 0.6 is 0 Å². The van der Waals surface area contributed by atoms with Crippen LogP contribution in [0.25, 0.3) is 22.3 Å². The van der Waals surface area contributed by atoms with Crippen molar-refractivity contribution in [2.24, 2.45) is 0 Å². The Labute approximate surface area is 211 Å². The van der Waals surface area contributed by atoms with Crippen molar-refractivity contribution >= 4 is 0 Å². The largest absolute Gasteiger partial charge is 0.504 e. The van der Waals surface area contributed by atoms with Gasteiger partial charge in [0.15, 0.2) is 11.5 Å². The number of hydrogen-bond acceptors (Lipinski definition) is 6. The second-order valence-electron chi connectivity index (χ2n) is 8.17. The Kier molecular flexibility index (Phi) is 7.98. The van der Waals surface area contributed by atoms with Gasteiger partial charge in [-0.1, -0.05) is 48.5 Å². The number of rotatable bonds is 10. The summed E-state index contributed by atoms with van der Waals surface area (Å²) in [6, 6.07) is 24.6. The van der Waals surface area contributed by atoms with E-state index in [1.54, 1.807) is 33.5 Å². The zero-order valence-corrected chi connectivity index (χ0v) is 20.7. The minimum atomic E-state index is -0.0805. The number of methoxy groups -OCH3 is 3. The van der Waals surface area contributed by atoms with Gasteiger partial charge in [0.05, 0.1) is 21.3 Å². The first kappa shape index (κ1) is 24.9. The average molecular weight is 487 g/mol. The fourth-order valence-electron chi connectivity index (χ4n) is 4.27. The Bertz CT molecular complexity index is 1300. The quantitative estimate of drug-likeness (QED) is 0.292. The van der Waals surface area contributed by atoms with E-state index >= 15 is 0 Å². The monoisotopic (exact) mass is 486 g/mol. The van der Waals surface area contributed by atoms with Gasteiger partial charge in [0.1, 0.15) is 23.9 Å². The third-order valence-corrected chi connectivity index (χ3v) is 6.01. The molecule has 36 heavy (non-hydrogen) atoms. The maximum absolute atomic E-state index is 10.8. The summed E-state index contributed by atoms with van der Waals surface area (Å²) < 4.78 is 22.8. The summed E-state index contributed by atoms with van der Waals surface area (Å²) in [4.78, 5) is 0. The lowest BCUT2D eigenvalue weighted by molar-refractivity contribution is 0.289. The summed E-state index contributed by atoms with van der Waals surface area (Å²) in [6.07, 6.45) is 0.339. The van der Waals surface area contributed by atoms with Gasteiger partial charge in [-0.15, -0.1) is 0 Å². The van der Waals surface area contributed by atoms with Gasteiger partial charge >= 0.3 is 0 Å². The van der Waals surface area contributed by atoms with Crippen molar-refractivity contribution in [2.75, 3.05) is 27.9 Å². The summed E-state index contributed by atoms with van der Waals surface area (Å²) in [5.41, 5.74) is 5.00. The lowest BCUT2D eigenvalue weighted by Gasteiger charge is -2.21. The number of benzene rings is 4. The lowest BCUT2D eigenvalue weighted by Crippen LogP contribution is -2.04. The van der Waals surface area contributed by atoms with Crippen LogP contribution in [0.5, 0.6) is 28.7 Å². The normalized spacial score (nSPS) is 10.7. The molecule has 0 aliphatic carbocycles. The van der Waals surface area contributed by atoms with Crippen LogP contribution in [0.2, 0.25) is 0 Å². The number of phenols is 1. The standard InChI is InChI=1S/C30H30O6/c1-33-23-12-9-21(10-13-23)25-18-28(34-2)29(24(15-16-31)30(25)35-3)22-11-14-27(26(32)17-22)36-19-20-7-5-4-6-8-20/h4-14,17-18,31-32H,15-16,19H2,1-3H3. The summed E-state index contributed by atoms with van der Waals surface area (Å²) in [7, 11) is 4.83. The lowest BCUT2D eigenvalue weighted by atomic mass is 9.90. The Hall–Kier alpha value is -4.16. The van der Waals surface area contributed by atoms with E-state index in [4.69, 9.17) is 18.9 Å². The highest BCUT2D eigenvalue weighted by Gasteiger charge is 2.22. The Morgan fingerprint density at radius 2 is 1.44 bits per heavy atom. The van der Waals surface area contributed by atoms with E-state index in [9.17, 15) is 10.2 Å². The topological polar surface area (TPSA) is 77.4 Å². The molecule has 0 amide bonds. The molecule has 0 aliphatic rings. The number of aromatic hydroxyl groups is 1. The minimum Gasteiger partial charge on any atom is -0.504 e. The fraction of sp³-hybridized carbons (Fsp3) is 0.200. The van der Waals surface area contributed by atoms with Crippen molar-refractivity contribution in [3.8, 4) is 51.0 Å². The third-order valence-electron chi connectivity index (χ3n) is 6.01. The van der Waals surface area contributed by atoms with Crippen LogP contribution in [-0.2, 0) is 13.0 Å². The average Bonchev–Trinajstić information content (AvgIpc) is 2.92. The van der Waals surface area contributed by atoms with Crippen molar-refractivity contribution in [3.63, 3.8) is 0 Å².